The summed E-state index contributed by atoms with van der Waals surface area (Å²) >= 11 is 0. The van der Waals surface area contributed by atoms with Gasteiger partial charge in [-0.2, -0.15) is 4.98 Å². The summed E-state index contributed by atoms with van der Waals surface area (Å²) in [5, 5.41) is 2.73. The minimum Gasteiger partial charge on any atom is -0.465 e. The van der Waals surface area contributed by atoms with Gasteiger partial charge in [-0.15, -0.1) is 0 Å². The number of anilines is 3. The maximum atomic E-state index is 12.7. The first-order valence-electron chi connectivity index (χ1n) is 10.7. The molecule has 0 unspecified atom stereocenters. The minimum absolute atomic E-state index is 0.107. The predicted octanol–water partition coefficient (Wildman–Crippen LogP) is 3.30. The Labute approximate surface area is 195 Å². The van der Waals surface area contributed by atoms with Gasteiger partial charge in [-0.3, -0.25) is 4.79 Å². The second-order valence-electron chi connectivity index (χ2n) is 7.09. The molecule has 2 aromatic rings. The van der Waals surface area contributed by atoms with Crippen LogP contribution >= 0.6 is 0 Å². The van der Waals surface area contributed by atoms with Gasteiger partial charge in [-0.25, -0.2) is 4.79 Å². The van der Waals surface area contributed by atoms with Crippen molar-refractivity contribution in [2.24, 2.45) is 0 Å². The van der Waals surface area contributed by atoms with Gasteiger partial charge in [0.1, 0.15) is 6.26 Å². The second kappa shape index (κ2) is 14.9. The molecule has 0 atom stereocenters. The molecule has 1 heterocycles. The number of hydrogen-bond donors (Lipinski definition) is 1. The van der Waals surface area contributed by atoms with Crippen LogP contribution < -0.4 is 15.1 Å². The fourth-order valence-electron chi connectivity index (χ4n) is 2.91. The zero-order chi connectivity index (χ0) is 24.8. The fraction of sp³-hybridized carbons (Fsp3) is 0.522. The van der Waals surface area contributed by atoms with Crippen LogP contribution in [0.5, 0.6) is 0 Å². The number of benzene rings is 1. The Bertz CT molecular complexity index is 870. The number of carbonyl (C=O) groups is 2. The summed E-state index contributed by atoms with van der Waals surface area (Å²) in [5.74, 6) is -1.01. The van der Waals surface area contributed by atoms with Crippen molar-refractivity contribution >= 4 is 29.3 Å². The average Bonchev–Trinajstić information content (AvgIpc) is 3.32. The summed E-state index contributed by atoms with van der Waals surface area (Å²) in [5.41, 5.74) is 1.62. The lowest BCUT2D eigenvalue weighted by Gasteiger charge is -2.23. The maximum absolute atomic E-state index is 12.7. The van der Waals surface area contributed by atoms with Crippen LogP contribution in [0.1, 0.15) is 41.1 Å². The smallest absolute Gasteiger partial charge is 0.340 e. The summed E-state index contributed by atoms with van der Waals surface area (Å²) in [6, 6.07) is 5.60. The molecule has 0 saturated heterocycles. The van der Waals surface area contributed by atoms with E-state index in [1.54, 1.807) is 45.4 Å². The van der Waals surface area contributed by atoms with Gasteiger partial charge in [0.25, 0.3) is 11.9 Å². The molecule has 1 aromatic carbocycles. The number of likely N-dealkylation sites (N-methyl/N-ethyl adjacent to an activating group) is 1. The molecule has 0 bridgehead atoms. The number of carbonyl (C=O) groups excluding carboxylic acids is 2. The SMILES string of the molecule is CCCN(CC)c1ccc(NC(=O)c2coc(N(C)CCOC)n2)c(C(=O)OC)c1.COC. The van der Waals surface area contributed by atoms with E-state index in [-0.39, 0.29) is 11.3 Å². The Kier molecular flexibility index (Phi) is 12.6. The Hall–Kier alpha value is -3.11. The summed E-state index contributed by atoms with van der Waals surface area (Å²) in [7, 11) is 7.95. The number of methoxy groups -OCH3 is 3. The number of ether oxygens (including phenoxy) is 3. The molecule has 0 radical (unpaired) electrons. The van der Waals surface area contributed by atoms with Crippen LogP contribution in [-0.4, -0.2) is 78.6 Å². The summed E-state index contributed by atoms with van der Waals surface area (Å²) in [6.45, 7) is 6.88. The highest BCUT2D eigenvalue weighted by Gasteiger charge is 2.20. The molecular weight excluding hydrogens is 428 g/mol. The summed E-state index contributed by atoms with van der Waals surface area (Å²) in [6.07, 6.45) is 2.26. The van der Waals surface area contributed by atoms with Crippen LogP contribution in [0.3, 0.4) is 0 Å². The number of hydrogen-bond acceptors (Lipinski definition) is 9. The lowest BCUT2D eigenvalue weighted by atomic mass is 10.1. The van der Waals surface area contributed by atoms with Crippen molar-refractivity contribution in [1.82, 2.24) is 4.98 Å². The van der Waals surface area contributed by atoms with E-state index in [2.05, 4.69) is 33.8 Å². The van der Waals surface area contributed by atoms with Crippen molar-refractivity contribution in [2.75, 3.05) is 76.8 Å². The quantitative estimate of drug-likeness (QED) is 0.501. The number of rotatable bonds is 11. The molecule has 10 heteroatoms. The summed E-state index contributed by atoms with van der Waals surface area (Å²) < 4.78 is 19.6. The first-order chi connectivity index (χ1) is 15.9. The van der Waals surface area contributed by atoms with Gasteiger partial charge in [0.15, 0.2) is 5.69 Å². The topological polar surface area (TPSA) is 106 Å². The highest BCUT2D eigenvalue weighted by atomic mass is 16.5. The lowest BCUT2D eigenvalue weighted by molar-refractivity contribution is 0.0602. The van der Waals surface area contributed by atoms with E-state index in [1.165, 1.54) is 13.4 Å². The number of aromatic nitrogens is 1. The van der Waals surface area contributed by atoms with Gasteiger partial charge >= 0.3 is 5.97 Å². The molecule has 184 valence electrons. The molecule has 1 N–H and O–H groups in total. The Balaban J connectivity index is 0.00000172. The molecule has 10 nitrogen and oxygen atoms in total. The highest BCUT2D eigenvalue weighted by molar-refractivity contribution is 6.07. The summed E-state index contributed by atoms with van der Waals surface area (Å²) in [4.78, 5) is 33.1. The molecule has 0 aliphatic heterocycles. The lowest BCUT2D eigenvalue weighted by Crippen LogP contribution is -2.24. The number of nitrogens with zero attached hydrogens (tertiary/aromatic N) is 3. The third-order valence-corrected chi connectivity index (χ3v) is 4.58. The number of nitrogens with one attached hydrogen (secondary N) is 1. The largest absolute Gasteiger partial charge is 0.465 e. The van der Waals surface area contributed by atoms with E-state index in [1.807, 2.05) is 6.07 Å². The van der Waals surface area contributed by atoms with Crippen LogP contribution in [0, 0.1) is 0 Å². The van der Waals surface area contributed by atoms with Crippen molar-refractivity contribution in [3.05, 3.63) is 35.7 Å². The van der Waals surface area contributed by atoms with Crippen LogP contribution in [0.25, 0.3) is 0 Å². The average molecular weight is 465 g/mol. The van der Waals surface area contributed by atoms with Gasteiger partial charge in [0.05, 0.1) is 25.0 Å². The molecule has 1 amide bonds. The van der Waals surface area contributed by atoms with E-state index in [4.69, 9.17) is 13.9 Å². The van der Waals surface area contributed by atoms with E-state index < -0.39 is 11.9 Å². The Morgan fingerprint density at radius 1 is 1.12 bits per heavy atom. The third kappa shape index (κ3) is 8.39. The molecule has 0 spiro atoms. The monoisotopic (exact) mass is 464 g/mol. The number of oxazole rings is 1. The van der Waals surface area contributed by atoms with Crippen molar-refractivity contribution in [3.8, 4) is 0 Å². The van der Waals surface area contributed by atoms with E-state index >= 15 is 0 Å². The fourth-order valence-corrected chi connectivity index (χ4v) is 2.91. The first kappa shape index (κ1) is 27.9. The molecule has 2 rings (SSSR count). The predicted molar refractivity (Wildman–Crippen MR) is 128 cm³/mol. The normalized spacial score (nSPS) is 10.2. The number of amides is 1. The molecule has 1 aromatic heterocycles. The van der Waals surface area contributed by atoms with E-state index in [0.29, 0.717) is 24.9 Å². The molecule has 33 heavy (non-hydrogen) atoms. The highest BCUT2D eigenvalue weighted by Crippen LogP contribution is 2.25. The second-order valence-corrected chi connectivity index (χ2v) is 7.09. The van der Waals surface area contributed by atoms with Gasteiger partial charge in [0, 0.05) is 53.7 Å². The van der Waals surface area contributed by atoms with Gasteiger partial charge in [-0.05, 0) is 31.5 Å². The van der Waals surface area contributed by atoms with Crippen molar-refractivity contribution < 1.29 is 28.2 Å². The van der Waals surface area contributed by atoms with Crippen LogP contribution in [0.2, 0.25) is 0 Å². The van der Waals surface area contributed by atoms with E-state index in [9.17, 15) is 9.59 Å². The van der Waals surface area contributed by atoms with Crippen LogP contribution in [-0.2, 0) is 14.2 Å². The molecule has 0 aliphatic carbocycles. The zero-order valence-electron chi connectivity index (χ0n) is 20.6. The van der Waals surface area contributed by atoms with Crippen molar-refractivity contribution in [2.45, 2.75) is 20.3 Å². The standard InChI is InChI=1S/C21H30N4O5.C2H6O/c1-6-10-25(7-2)15-8-9-17(16(13-15)20(27)29-5)22-19(26)18-14-30-21(23-18)24(3)11-12-28-4;1-3-2/h8-9,13-14H,6-7,10-12H2,1-5H3,(H,22,26);1-2H3. The third-order valence-electron chi connectivity index (χ3n) is 4.58. The van der Waals surface area contributed by atoms with Crippen molar-refractivity contribution in [1.29, 1.82) is 0 Å². The Morgan fingerprint density at radius 2 is 1.82 bits per heavy atom. The Morgan fingerprint density at radius 3 is 2.39 bits per heavy atom. The van der Waals surface area contributed by atoms with Crippen molar-refractivity contribution in [3.63, 3.8) is 0 Å². The molecule has 0 saturated carbocycles. The van der Waals surface area contributed by atoms with E-state index in [0.717, 1.165) is 25.2 Å². The maximum Gasteiger partial charge on any atom is 0.340 e. The minimum atomic E-state index is -0.528. The van der Waals surface area contributed by atoms with Gasteiger partial charge < -0.3 is 33.7 Å². The molecule has 0 fully saturated rings. The number of esters is 1. The zero-order valence-corrected chi connectivity index (χ0v) is 20.6. The van der Waals surface area contributed by atoms with Crippen LogP contribution in [0.4, 0.5) is 17.4 Å². The molecule has 0 aliphatic rings. The molecular formula is C23H36N4O6. The van der Waals surface area contributed by atoms with Gasteiger partial charge in [0.2, 0.25) is 0 Å². The van der Waals surface area contributed by atoms with Crippen LogP contribution in [0.15, 0.2) is 28.9 Å². The van der Waals surface area contributed by atoms with Gasteiger partial charge in [-0.1, -0.05) is 6.92 Å². The first-order valence-corrected chi connectivity index (χ1v) is 10.7.